The first-order valence-corrected chi connectivity index (χ1v) is 6.21. The van der Waals surface area contributed by atoms with Gasteiger partial charge in [0, 0.05) is 5.92 Å². The van der Waals surface area contributed by atoms with Crippen molar-refractivity contribution in [3.05, 3.63) is 30.3 Å². The molecule has 0 spiro atoms. The van der Waals surface area contributed by atoms with E-state index in [1.54, 1.807) is 0 Å². The van der Waals surface area contributed by atoms with Gasteiger partial charge < -0.3 is 4.74 Å². The zero-order valence-corrected chi connectivity index (χ0v) is 10.4. The van der Waals surface area contributed by atoms with E-state index in [-0.39, 0.29) is 6.23 Å². The largest absolute Gasteiger partial charge is 0.475 e. The van der Waals surface area contributed by atoms with Crippen LogP contribution in [0.25, 0.3) is 0 Å². The summed E-state index contributed by atoms with van der Waals surface area (Å²) in [5.74, 6) is 1.27. The molecule has 1 rings (SSSR count). The molecule has 2 unspecified atom stereocenters. The minimum atomic E-state index is -0.195. The van der Waals surface area contributed by atoms with Crippen LogP contribution >= 0.6 is 0 Å². The lowest BCUT2D eigenvalue weighted by Crippen LogP contribution is -2.34. The van der Waals surface area contributed by atoms with Gasteiger partial charge in [-0.3, -0.25) is 5.73 Å². The molecule has 0 bridgehead atoms. The molecule has 0 fully saturated rings. The molecule has 16 heavy (non-hydrogen) atoms. The molecule has 90 valence electrons. The second-order valence-corrected chi connectivity index (χ2v) is 4.37. The van der Waals surface area contributed by atoms with E-state index in [9.17, 15) is 0 Å². The van der Waals surface area contributed by atoms with Gasteiger partial charge in [0.1, 0.15) is 12.0 Å². The Morgan fingerprint density at radius 1 is 1.19 bits per heavy atom. The lowest BCUT2D eigenvalue weighted by atomic mass is 10.0. The average molecular weight is 221 g/mol. The van der Waals surface area contributed by atoms with Gasteiger partial charge in [0.05, 0.1) is 0 Å². The van der Waals surface area contributed by atoms with Crippen molar-refractivity contribution in [1.82, 2.24) is 0 Å². The van der Waals surface area contributed by atoms with Crippen LogP contribution in [0.4, 0.5) is 0 Å². The number of hydrogen-bond donors (Lipinski definition) is 1. The molecule has 2 atom stereocenters. The van der Waals surface area contributed by atoms with Crippen molar-refractivity contribution in [3.8, 4) is 5.75 Å². The minimum Gasteiger partial charge on any atom is -0.475 e. The molecule has 2 N–H and O–H groups in total. The van der Waals surface area contributed by atoms with Crippen LogP contribution in [0.1, 0.15) is 39.5 Å². The molecule has 2 heteroatoms. The van der Waals surface area contributed by atoms with Crippen LogP contribution in [-0.4, -0.2) is 6.23 Å². The Balaban J connectivity index is 2.31. The van der Waals surface area contributed by atoms with E-state index in [2.05, 4.69) is 13.8 Å². The van der Waals surface area contributed by atoms with Gasteiger partial charge in [-0.05, 0) is 18.6 Å². The molecule has 1 aromatic rings. The van der Waals surface area contributed by atoms with Crippen LogP contribution < -0.4 is 10.5 Å². The first kappa shape index (κ1) is 13.0. The summed E-state index contributed by atoms with van der Waals surface area (Å²) < 4.78 is 5.68. The summed E-state index contributed by atoms with van der Waals surface area (Å²) in [5.41, 5.74) is 6.01. The first-order valence-electron chi connectivity index (χ1n) is 6.21. The van der Waals surface area contributed by atoms with Gasteiger partial charge in [-0.25, -0.2) is 0 Å². The fraction of sp³-hybridized carbons (Fsp3) is 0.571. The first-order chi connectivity index (χ1) is 7.74. The number of para-hydroxylation sites is 1. The van der Waals surface area contributed by atoms with Gasteiger partial charge in [0.2, 0.25) is 0 Å². The van der Waals surface area contributed by atoms with Crippen LogP contribution in [0.3, 0.4) is 0 Å². The highest BCUT2D eigenvalue weighted by atomic mass is 16.5. The van der Waals surface area contributed by atoms with Crippen LogP contribution in [0.2, 0.25) is 0 Å². The highest BCUT2D eigenvalue weighted by Gasteiger charge is 2.13. The number of hydrogen-bond acceptors (Lipinski definition) is 2. The van der Waals surface area contributed by atoms with Crippen molar-refractivity contribution in [2.24, 2.45) is 11.7 Å². The Morgan fingerprint density at radius 2 is 1.88 bits per heavy atom. The number of ether oxygens (including phenoxy) is 1. The van der Waals surface area contributed by atoms with E-state index < -0.39 is 0 Å². The van der Waals surface area contributed by atoms with Gasteiger partial charge in [0.25, 0.3) is 0 Å². The molecule has 0 radical (unpaired) electrons. The van der Waals surface area contributed by atoms with E-state index >= 15 is 0 Å². The van der Waals surface area contributed by atoms with Crippen molar-refractivity contribution in [1.29, 1.82) is 0 Å². The molecule has 0 aliphatic heterocycles. The predicted octanol–water partition coefficient (Wildman–Crippen LogP) is 3.57. The average Bonchev–Trinajstić information content (AvgIpc) is 2.30. The SMILES string of the molecule is CCCCCC(C)C(N)Oc1ccccc1. The highest BCUT2D eigenvalue weighted by Crippen LogP contribution is 2.16. The third-order valence-corrected chi connectivity index (χ3v) is 2.84. The molecule has 0 heterocycles. The summed E-state index contributed by atoms with van der Waals surface area (Å²) in [7, 11) is 0. The lowest BCUT2D eigenvalue weighted by Gasteiger charge is -2.21. The van der Waals surface area contributed by atoms with Crippen molar-refractivity contribution in [3.63, 3.8) is 0 Å². The van der Waals surface area contributed by atoms with E-state index in [4.69, 9.17) is 10.5 Å². The topological polar surface area (TPSA) is 35.2 Å². The zero-order chi connectivity index (χ0) is 11.8. The van der Waals surface area contributed by atoms with Gasteiger partial charge in [-0.15, -0.1) is 0 Å². The van der Waals surface area contributed by atoms with E-state index in [0.717, 1.165) is 12.2 Å². The smallest absolute Gasteiger partial charge is 0.150 e. The van der Waals surface area contributed by atoms with Crippen molar-refractivity contribution < 1.29 is 4.74 Å². The molecule has 1 aromatic carbocycles. The predicted molar refractivity (Wildman–Crippen MR) is 68.4 cm³/mol. The molecule has 0 aliphatic rings. The fourth-order valence-electron chi connectivity index (χ4n) is 1.65. The third kappa shape index (κ3) is 4.67. The molecule has 0 saturated carbocycles. The van der Waals surface area contributed by atoms with Gasteiger partial charge >= 0.3 is 0 Å². The second kappa shape index (κ2) is 7.29. The van der Waals surface area contributed by atoms with E-state index in [1.165, 1.54) is 19.3 Å². The Morgan fingerprint density at radius 3 is 2.50 bits per heavy atom. The van der Waals surface area contributed by atoms with Crippen LogP contribution in [0, 0.1) is 5.92 Å². The van der Waals surface area contributed by atoms with E-state index in [1.807, 2.05) is 30.3 Å². The lowest BCUT2D eigenvalue weighted by molar-refractivity contribution is 0.141. The summed E-state index contributed by atoms with van der Waals surface area (Å²) in [4.78, 5) is 0. The number of nitrogens with two attached hydrogens (primary N) is 1. The summed E-state index contributed by atoms with van der Waals surface area (Å²) in [6.45, 7) is 4.37. The molecule has 0 saturated heterocycles. The molecular formula is C14H23NO. The van der Waals surface area contributed by atoms with Gasteiger partial charge in [-0.2, -0.15) is 0 Å². The minimum absolute atomic E-state index is 0.195. The normalized spacial score (nSPS) is 14.4. The van der Waals surface area contributed by atoms with Crippen LogP contribution in [0.5, 0.6) is 5.75 Å². The molecule has 0 aromatic heterocycles. The van der Waals surface area contributed by atoms with Crippen molar-refractivity contribution in [2.75, 3.05) is 0 Å². The molecular weight excluding hydrogens is 198 g/mol. The molecule has 2 nitrogen and oxygen atoms in total. The maximum atomic E-state index is 6.01. The van der Waals surface area contributed by atoms with Gasteiger partial charge in [-0.1, -0.05) is 51.3 Å². The standard InChI is InChI=1S/C14H23NO/c1-3-4-6-9-12(2)14(15)16-13-10-7-5-8-11-13/h5,7-8,10-12,14H,3-4,6,9,15H2,1-2H3. The molecule has 0 aliphatic carbocycles. The summed E-state index contributed by atoms with van der Waals surface area (Å²) in [6.07, 6.45) is 4.72. The van der Waals surface area contributed by atoms with E-state index in [0.29, 0.717) is 5.92 Å². The summed E-state index contributed by atoms with van der Waals surface area (Å²) in [6, 6.07) is 9.79. The van der Waals surface area contributed by atoms with Crippen LogP contribution in [0.15, 0.2) is 30.3 Å². The number of rotatable bonds is 7. The fourth-order valence-corrected chi connectivity index (χ4v) is 1.65. The maximum Gasteiger partial charge on any atom is 0.150 e. The maximum absolute atomic E-state index is 6.01. The second-order valence-electron chi connectivity index (χ2n) is 4.37. The Bertz CT molecular complexity index is 273. The summed E-state index contributed by atoms with van der Waals surface area (Å²) in [5, 5.41) is 0. The van der Waals surface area contributed by atoms with Crippen molar-refractivity contribution in [2.45, 2.75) is 45.8 Å². The Kier molecular flexibility index (Phi) is 5.94. The third-order valence-electron chi connectivity index (χ3n) is 2.84. The summed E-state index contributed by atoms with van der Waals surface area (Å²) >= 11 is 0. The van der Waals surface area contributed by atoms with Crippen LogP contribution in [-0.2, 0) is 0 Å². The van der Waals surface area contributed by atoms with Gasteiger partial charge in [0.15, 0.2) is 0 Å². The Labute approximate surface area is 98.8 Å². The number of benzene rings is 1. The monoisotopic (exact) mass is 221 g/mol. The quantitative estimate of drug-likeness (QED) is 0.564. The highest BCUT2D eigenvalue weighted by molar-refractivity contribution is 5.21. The molecule has 0 amide bonds. The number of unbranched alkanes of at least 4 members (excludes halogenated alkanes) is 2. The van der Waals surface area contributed by atoms with Crippen molar-refractivity contribution >= 4 is 0 Å². The zero-order valence-electron chi connectivity index (χ0n) is 10.4. The Hall–Kier alpha value is -1.02.